The third kappa shape index (κ3) is 4.46. The Morgan fingerprint density at radius 1 is 1.06 bits per heavy atom. The molecule has 1 aliphatic rings. The van der Waals surface area contributed by atoms with E-state index < -0.39 is 5.41 Å². The molecule has 1 aliphatic heterocycles. The fourth-order valence-corrected chi connectivity index (χ4v) is 4.58. The minimum atomic E-state index is -0.581. The topological polar surface area (TPSA) is 77.7 Å². The molecule has 2 heterocycles. The summed E-state index contributed by atoms with van der Waals surface area (Å²) in [6.45, 7) is 2.10. The van der Waals surface area contributed by atoms with Crippen LogP contribution in [0.2, 0.25) is 0 Å². The lowest BCUT2D eigenvalue weighted by atomic mass is 9.80. The summed E-state index contributed by atoms with van der Waals surface area (Å²) < 4.78 is 11.0. The van der Waals surface area contributed by atoms with Crippen molar-refractivity contribution in [3.05, 3.63) is 78.1 Å². The van der Waals surface area contributed by atoms with Crippen molar-refractivity contribution in [3.8, 4) is 22.6 Å². The van der Waals surface area contributed by atoms with Crippen molar-refractivity contribution in [1.29, 1.82) is 0 Å². The lowest BCUT2D eigenvalue weighted by Gasteiger charge is -2.26. The van der Waals surface area contributed by atoms with Crippen LogP contribution in [-0.2, 0) is 17.8 Å². The summed E-state index contributed by atoms with van der Waals surface area (Å²) in [6, 6.07) is 18.2. The van der Waals surface area contributed by atoms with Crippen LogP contribution in [0.1, 0.15) is 17.5 Å². The summed E-state index contributed by atoms with van der Waals surface area (Å²) in [5.41, 5.74) is 9.68. The van der Waals surface area contributed by atoms with E-state index in [-0.39, 0.29) is 5.91 Å². The Labute approximate surface area is 189 Å². The Morgan fingerprint density at radius 2 is 1.88 bits per heavy atom. The van der Waals surface area contributed by atoms with Crippen LogP contribution in [-0.4, -0.2) is 43.1 Å². The number of primary amides is 1. The number of pyridine rings is 1. The van der Waals surface area contributed by atoms with E-state index in [4.69, 9.17) is 15.2 Å². The Balaban J connectivity index is 1.49. The number of rotatable bonds is 8. The van der Waals surface area contributed by atoms with Gasteiger partial charge in [0.2, 0.25) is 5.91 Å². The number of hydrogen-bond acceptors (Lipinski definition) is 5. The lowest BCUT2D eigenvalue weighted by Crippen LogP contribution is -2.41. The van der Waals surface area contributed by atoms with Gasteiger partial charge in [0.25, 0.3) is 0 Å². The average Bonchev–Trinajstić information content (AvgIpc) is 3.23. The number of aromatic nitrogens is 1. The molecule has 1 saturated heterocycles. The van der Waals surface area contributed by atoms with Gasteiger partial charge in [0.05, 0.1) is 19.6 Å². The van der Waals surface area contributed by atoms with Gasteiger partial charge in [-0.3, -0.25) is 14.7 Å². The molecule has 1 unspecified atom stereocenters. The zero-order valence-corrected chi connectivity index (χ0v) is 18.6. The van der Waals surface area contributed by atoms with Gasteiger partial charge in [0.1, 0.15) is 0 Å². The van der Waals surface area contributed by atoms with Crippen LogP contribution >= 0.6 is 0 Å². The second-order valence-corrected chi connectivity index (χ2v) is 8.37. The summed E-state index contributed by atoms with van der Waals surface area (Å²) >= 11 is 0. The molecule has 6 nitrogen and oxygen atoms in total. The molecule has 0 spiro atoms. The number of likely N-dealkylation sites (tertiary alicyclic amines) is 1. The minimum absolute atomic E-state index is 0.242. The second kappa shape index (κ2) is 9.40. The van der Waals surface area contributed by atoms with Crippen LogP contribution in [0.4, 0.5) is 0 Å². The van der Waals surface area contributed by atoms with Crippen molar-refractivity contribution in [2.24, 2.45) is 11.1 Å². The molecule has 2 aromatic carbocycles. The Bertz CT molecular complexity index is 1070. The van der Waals surface area contributed by atoms with Crippen molar-refractivity contribution in [2.75, 3.05) is 27.3 Å². The summed E-state index contributed by atoms with van der Waals surface area (Å²) in [5.74, 6) is 1.20. The van der Waals surface area contributed by atoms with E-state index in [1.165, 1.54) is 0 Å². The number of carbonyl (C=O) groups is 1. The van der Waals surface area contributed by atoms with Gasteiger partial charge in [-0.25, -0.2) is 0 Å². The molecule has 0 bridgehead atoms. The van der Waals surface area contributed by atoms with Crippen molar-refractivity contribution in [2.45, 2.75) is 19.4 Å². The summed E-state index contributed by atoms with van der Waals surface area (Å²) in [6.07, 6.45) is 4.98. The fourth-order valence-electron chi connectivity index (χ4n) is 4.58. The van der Waals surface area contributed by atoms with Crippen molar-refractivity contribution < 1.29 is 14.3 Å². The largest absolute Gasteiger partial charge is 0.493 e. The van der Waals surface area contributed by atoms with Gasteiger partial charge >= 0.3 is 0 Å². The number of methoxy groups -OCH3 is 2. The van der Waals surface area contributed by atoms with E-state index in [1.54, 1.807) is 20.4 Å². The van der Waals surface area contributed by atoms with Gasteiger partial charge in [-0.05, 0) is 48.2 Å². The number of nitrogens with zero attached hydrogens (tertiary/aromatic N) is 2. The molecule has 166 valence electrons. The number of hydrogen-bond donors (Lipinski definition) is 1. The normalized spacial score (nSPS) is 18.4. The molecule has 2 N–H and O–H groups in total. The van der Waals surface area contributed by atoms with Gasteiger partial charge in [-0.1, -0.05) is 42.5 Å². The average molecular weight is 432 g/mol. The Morgan fingerprint density at radius 3 is 2.53 bits per heavy atom. The number of ether oxygens (including phenoxy) is 2. The SMILES string of the molecule is COc1cccc(CN2CCC(Cc3ccc(-c4cccnc4)cc3)(C(N)=O)C2)c1OC. The molecule has 32 heavy (non-hydrogen) atoms. The number of carbonyl (C=O) groups excluding carboxylic acids is 1. The Kier molecular flexibility index (Phi) is 6.42. The summed E-state index contributed by atoms with van der Waals surface area (Å²) in [5, 5.41) is 0. The second-order valence-electron chi connectivity index (χ2n) is 8.37. The maximum Gasteiger partial charge on any atom is 0.225 e. The maximum absolute atomic E-state index is 12.6. The number of nitrogens with two attached hydrogens (primary N) is 1. The van der Waals surface area contributed by atoms with Gasteiger partial charge in [-0.2, -0.15) is 0 Å². The third-order valence-electron chi connectivity index (χ3n) is 6.33. The molecule has 0 radical (unpaired) electrons. The highest BCUT2D eigenvalue weighted by molar-refractivity contribution is 5.82. The maximum atomic E-state index is 12.6. The fraction of sp³-hybridized carbons (Fsp3) is 0.308. The highest BCUT2D eigenvalue weighted by atomic mass is 16.5. The van der Waals surface area contributed by atoms with Gasteiger partial charge in [0, 0.05) is 31.0 Å². The Hall–Kier alpha value is -3.38. The van der Waals surface area contributed by atoms with E-state index in [0.717, 1.165) is 41.0 Å². The predicted molar refractivity (Wildman–Crippen MR) is 124 cm³/mol. The van der Waals surface area contributed by atoms with Crippen LogP contribution in [0, 0.1) is 5.41 Å². The van der Waals surface area contributed by atoms with E-state index in [2.05, 4.69) is 34.1 Å². The van der Waals surface area contributed by atoms with E-state index in [9.17, 15) is 4.79 Å². The van der Waals surface area contributed by atoms with Crippen LogP contribution < -0.4 is 15.2 Å². The van der Waals surface area contributed by atoms with Crippen LogP contribution in [0.25, 0.3) is 11.1 Å². The van der Waals surface area contributed by atoms with E-state index in [0.29, 0.717) is 25.3 Å². The standard InChI is InChI=1S/C26H29N3O3/c1-31-23-7-3-5-22(24(23)32-2)17-29-14-12-26(18-29,25(27)30)15-19-8-10-20(11-9-19)21-6-4-13-28-16-21/h3-11,13,16H,12,14-15,17-18H2,1-2H3,(H2,27,30). The first kappa shape index (κ1) is 21.8. The van der Waals surface area contributed by atoms with Crippen molar-refractivity contribution in [3.63, 3.8) is 0 Å². The monoisotopic (exact) mass is 431 g/mol. The molecule has 1 aromatic heterocycles. The third-order valence-corrected chi connectivity index (χ3v) is 6.33. The van der Waals surface area contributed by atoms with Crippen LogP contribution in [0.15, 0.2) is 67.0 Å². The van der Waals surface area contributed by atoms with Crippen molar-refractivity contribution in [1.82, 2.24) is 9.88 Å². The van der Waals surface area contributed by atoms with Gasteiger partial charge < -0.3 is 15.2 Å². The predicted octanol–water partition coefficient (Wildman–Crippen LogP) is 3.69. The van der Waals surface area contributed by atoms with Crippen molar-refractivity contribution >= 4 is 5.91 Å². The first-order valence-electron chi connectivity index (χ1n) is 10.8. The first-order valence-corrected chi connectivity index (χ1v) is 10.8. The number of amides is 1. The number of benzene rings is 2. The molecule has 1 atom stereocenters. The zero-order valence-electron chi connectivity index (χ0n) is 18.6. The molecule has 0 aliphatic carbocycles. The highest BCUT2D eigenvalue weighted by Crippen LogP contribution is 2.37. The summed E-state index contributed by atoms with van der Waals surface area (Å²) in [4.78, 5) is 19.0. The molecule has 3 aromatic rings. The molecule has 1 amide bonds. The van der Waals surface area contributed by atoms with E-state index in [1.807, 2.05) is 36.5 Å². The first-order chi connectivity index (χ1) is 15.5. The molecule has 4 rings (SSSR count). The lowest BCUT2D eigenvalue weighted by molar-refractivity contribution is -0.127. The van der Waals surface area contributed by atoms with Gasteiger partial charge in [-0.15, -0.1) is 0 Å². The molecular weight excluding hydrogens is 402 g/mol. The van der Waals surface area contributed by atoms with E-state index >= 15 is 0 Å². The minimum Gasteiger partial charge on any atom is -0.493 e. The van der Waals surface area contributed by atoms with Crippen LogP contribution in [0.3, 0.4) is 0 Å². The van der Waals surface area contributed by atoms with Crippen LogP contribution in [0.5, 0.6) is 11.5 Å². The quantitative estimate of drug-likeness (QED) is 0.589. The molecule has 1 fully saturated rings. The summed E-state index contributed by atoms with van der Waals surface area (Å²) in [7, 11) is 3.28. The molecule has 6 heteroatoms. The number of para-hydroxylation sites is 1. The van der Waals surface area contributed by atoms with Gasteiger partial charge in [0.15, 0.2) is 11.5 Å². The molecule has 0 saturated carbocycles. The molecular formula is C26H29N3O3. The smallest absolute Gasteiger partial charge is 0.225 e. The zero-order chi connectivity index (χ0) is 22.6. The highest BCUT2D eigenvalue weighted by Gasteiger charge is 2.43.